The zero-order valence-corrected chi connectivity index (χ0v) is 12.1. The Morgan fingerprint density at radius 2 is 2.05 bits per heavy atom. The van der Waals surface area contributed by atoms with Gasteiger partial charge in [0.1, 0.15) is 0 Å². The van der Waals surface area contributed by atoms with Crippen LogP contribution in [0.2, 0.25) is 0 Å². The molecule has 0 aliphatic rings. The Morgan fingerprint density at radius 3 is 2.67 bits per heavy atom. The Hall–Kier alpha value is -2.61. The molecule has 1 aromatic carbocycles. The van der Waals surface area contributed by atoms with E-state index in [9.17, 15) is 14.9 Å². The van der Waals surface area contributed by atoms with E-state index in [2.05, 4.69) is 31.4 Å². The van der Waals surface area contributed by atoms with Crippen molar-refractivity contribution >= 4 is 33.7 Å². The summed E-state index contributed by atoms with van der Waals surface area (Å²) in [5.74, 6) is -0.401. The molecule has 0 atom stereocenters. The van der Waals surface area contributed by atoms with Crippen molar-refractivity contribution in [1.29, 1.82) is 0 Å². The van der Waals surface area contributed by atoms with E-state index in [1.807, 2.05) is 0 Å². The van der Waals surface area contributed by atoms with E-state index in [0.29, 0.717) is 15.6 Å². The Balaban J connectivity index is 1.99. The molecule has 0 fully saturated rings. The lowest BCUT2D eigenvalue weighted by atomic mass is 10.2. The Bertz CT molecular complexity index is 701. The summed E-state index contributed by atoms with van der Waals surface area (Å²) in [6, 6.07) is 7.41. The van der Waals surface area contributed by atoms with Gasteiger partial charge in [0.15, 0.2) is 0 Å². The van der Waals surface area contributed by atoms with Crippen molar-refractivity contribution in [2.24, 2.45) is 5.10 Å². The minimum absolute atomic E-state index is 0.00334. The number of non-ortho nitro benzene ring substituents is 1. The predicted molar refractivity (Wildman–Crippen MR) is 80.1 cm³/mol. The zero-order valence-electron chi connectivity index (χ0n) is 10.6. The van der Waals surface area contributed by atoms with Crippen LogP contribution in [0.25, 0.3) is 0 Å². The number of nitro groups is 1. The third-order valence-electron chi connectivity index (χ3n) is 2.45. The molecule has 106 valence electrons. The molecule has 0 unspecified atom stereocenters. The lowest BCUT2D eigenvalue weighted by Gasteiger charge is -1.99. The second kappa shape index (κ2) is 6.71. The molecular formula is C13H9BrN4O3. The van der Waals surface area contributed by atoms with Gasteiger partial charge in [-0.15, -0.1) is 0 Å². The Kier molecular flexibility index (Phi) is 4.72. The molecule has 1 N–H and O–H groups in total. The molecular weight excluding hydrogens is 340 g/mol. The van der Waals surface area contributed by atoms with Gasteiger partial charge in [-0.05, 0) is 39.7 Å². The van der Waals surface area contributed by atoms with Crippen LogP contribution in [0, 0.1) is 10.1 Å². The van der Waals surface area contributed by atoms with E-state index < -0.39 is 10.8 Å². The predicted octanol–water partition coefficient (Wildman–Crippen LogP) is 2.52. The first-order valence-corrected chi connectivity index (χ1v) is 6.54. The van der Waals surface area contributed by atoms with Crippen molar-refractivity contribution < 1.29 is 9.72 Å². The highest BCUT2D eigenvalue weighted by Crippen LogP contribution is 2.11. The number of nitrogens with one attached hydrogen (secondary N) is 1. The number of carbonyl (C=O) groups is 1. The first kappa shape index (κ1) is 14.8. The maximum absolute atomic E-state index is 11.8. The highest BCUT2D eigenvalue weighted by atomic mass is 79.9. The Labute approximate surface area is 128 Å². The van der Waals surface area contributed by atoms with E-state index in [4.69, 9.17) is 0 Å². The van der Waals surface area contributed by atoms with E-state index in [1.54, 1.807) is 12.3 Å². The number of nitro benzene ring substituents is 1. The number of rotatable bonds is 4. The fourth-order valence-corrected chi connectivity index (χ4v) is 1.81. The summed E-state index contributed by atoms with van der Waals surface area (Å²) >= 11 is 3.22. The number of pyridine rings is 1. The number of benzene rings is 1. The van der Waals surface area contributed by atoms with Crippen LogP contribution in [0.4, 0.5) is 5.69 Å². The fraction of sp³-hybridized carbons (Fsp3) is 0. The average molecular weight is 349 g/mol. The second-order valence-corrected chi connectivity index (χ2v) is 4.86. The standard InChI is InChI=1S/C13H9BrN4O3/c14-11-5-10(7-15-8-11)13(19)17-16-6-9-1-3-12(4-2-9)18(20)21/h1-8H,(H,17,19)/b16-6-. The van der Waals surface area contributed by atoms with Gasteiger partial charge in [0.25, 0.3) is 11.6 Å². The molecule has 1 heterocycles. The lowest BCUT2D eigenvalue weighted by molar-refractivity contribution is -0.384. The molecule has 0 saturated heterocycles. The molecule has 0 saturated carbocycles. The van der Waals surface area contributed by atoms with Crippen molar-refractivity contribution in [2.75, 3.05) is 0 Å². The second-order valence-electron chi connectivity index (χ2n) is 3.94. The van der Waals surface area contributed by atoms with Gasteiger partial charge in [-0.2, -0.15) is 5.10 Å². The average Bonchev–Trinajstić information content (AvgIpc) is 2.47. The lowest BCUT2D eigenvalue weighted by Crippen LogP contribution is -2.17. The van der Waals surface area contributed by atoms with Gasteiger partial charge in [-0.25, -0.2) is 5.43 Å². The highest BCUT2D eigenvalue weighted by Gasteiger charge is 2.05. The Morgan fingerprint density at radius 1 is 1.33 bits per heavy atom. The topological polar surface area (TPSA) is 97.5 Å². The quantitative estimate of drug-likeness (QED) is 0.521. The number of aromatic nitrogens is 1. The number of carbonyl (C=O) groups excluding carboxylic acids is 1. The minimum atomic E-state index is -0.483. The normalized spacial score (nSPS) is 10.5. The number of halogens is 1. The van der Waals surface area contributed by atoms with Crippen molar-refractivity contribution in [3.8, 4) is 0 Å². The molecule has 2 rings (SSSR count). The van der Waals surface area contributed by atoms with Crippen LogP contribution >= 0.6 is 15.9 Å². The number of hydrogen-bond acceptors (Lipinski definition) is 5. The summed E-state index contributed by atoms with van der Waals surface area (Å²) in [5, 5.41) is 14.3. The van der Waals surface area contributed by atoms with Gasteiger partial charge in [0.2, 0.25) is 0 Å². The van der Waals surface area contributed by atoms with Crippen molar-refractivity contribution in [2.45, 2.75) is 0 Å². The van der Waals surface area contributed by atoms with Crippen LogP contribution < -0.4 is 5.43 Å². The highest BCUT2D eigenvalue weighted by molar-refractivity contribution is 9.10. The summed E-state index contributed by atoms with van der Waals surface area (Å²) in [6.45, 7) is 0. The van der Waals surface area contributed by atoms with Crippen LogP contribution in [0.3, 0.4) is 0 Å². The maximum Gasteiger partial charge on any atom is 0.272 e. The van der Waals surface area contributed by atoms with Gasteiger partial charge in [-0.3, -0.25) is 19.9 Å². The summed E-state index contributed by atoms with van der Waals surface area (Å²) in [5.41, 5.74) is 3.34. The molecule has 8 heteroatoms. The molecule has 2 aromatic rings. The molecule has 0 bridgehead atoms. The fourth-order valence-electron chi connectivity index (χ4n) is 1.45. The van der Waals surface area contributed by atoms with Crippen molar-refractivity contribution in [3.63, 3.8) is 0 Å². The van der Waals surface area contributed by atoms with Gasteiger partial charge in [-0.1, -0.05) is 0 Å². The van der Waals surface area contributed by atoms with E-state index >= 15 is 0 Å². The number of amides is 1. The molecule has 0 aliphatic carbocycles. The van der Waals surface area contributed by atoms with Gasteiger partial charge in [0.05, 0.1) is 16.7 Å². The van der Waals surface area contributed by atoms with Crippen LogP contribution in [0.15, 0.2) is 52.3 Å². The van der Waals surface area contributed by atoms with Gasteiger partial charge >= 0.3 is 0 Å². The van der Waals surface area contributed by atoms with Crippen molar-refractivity contribution in [1.82, 2.24) is 10.4 Å². The van der Waals surface area contributed by atoms with Gasteiger partial charge < -0.3 is 0 Å². The molecule has 0 radical (unpaired) electrons. The van der Waals surface area contributed by atoms with Crippen LogP contribution in [0.5, 0.6) is 0 Å². The molecule has 0 spiro atoms. The monoisotopic (exact) mass is 348 g/mol. The third kappa shape index (κ3) is 4.18. The first-order valence-electron chi connectivity index (χ1n) is 5.74. The number of hydrazone groups is 1. The molecule has 7 nitrogen and oxygen atoms in total. The largest absolute Gasteiger partial charge is 0.272 e. The van der Waals surface area contributed by atoms with E-state index in [1.165, 1.54) is 36.7 Å². The van der Waals surface area contributed by atoms with Crippen molar-refractivity contribution in [3.05, 3.63) is 68.4 Å². The molecule has 21 heavy (non-hydrogen) atoms. The van der Waals surface area contributed by atoms with Crippen LogP contribution in [-0.2, 0) is 0 Å². The van der Waals surface area contributed by atoms with E-state index in [-0.39, 0.29) is 5.69 Å². The molecule has 0 aliphatic heterocycles. The van der Waals surface area contributed by atoms with E-state index in [0.717, 1.165) is 0 Å². The first-order chi connectivity index (χ1) is 10.1. The molecule has 1 amide bonds. The summed E-state index contributed by atoms with van der Waals surface area (Å²) in [6.07, 6.45) is 4.38. The maximum atomic E-state index is 11.8. The van der Waals surface area contributed by atoms with Crippen LogP contribution in [0.1, 0.15) is 15.9 Å². The number of nitrogens with zero attached hydrogens (tertiary/aromatic N) is 3. The summed E-state index contributed by atoms with van der Waals surface area (Å²) in [7, 11) is 0. The summed E-state index contributed by atoms with van der Waals surface area (Å²) < 4.78 is 0.689. The molecule has 1 aromatic heterocycles. The number of hydrogen-bond donors (Lipinski definition) is 1. The zero-order chi connectivity index (χ0) is 15.2. The summed E-state index contributed by atoms with van der Waals surface area (Å²) in [4.78, 5) is 25.7. The minimum Gasteiger partial charge on any atom is -0.267 e. The van der Waals surface area contributed by atoms with Crippen LogP contribution in [-0.4, -0.2) is 22.0 Å². The smallest absolute Gasteiger partial charge is 0.267 e. The van der Waals surface area contributed by atoms with Gasteiger partial charge in [0, 0.05) is 29.0 Å². The SMILES string of the molecule is O=C(N/N=C\c1ccc([N+](=O)[O-])cc1)c1cncc(Br)c1. The third-order valence-corrected chi connectivity index (χ3v) is 2.88.